The third-order valence-electron chi connectivity index (χ3n) is 5.14. The quantitative estimate of drug-likeness (QED) is 0.499. The number of nitrogens with one attached hydrogen (secondary N) is 1. The first-order valence-electron chi connectivity index (χ1n) is 11.2. The fourth-order valence-electron chi connectivity index (χ4n) is 3.22. The summed E-state index contributed by atoms with van der Waals surface area (Å²) in [5.41, 5.74) is 5.87. The Balaban J connectivity index is 2.68. The highest BCUT2D eigenvalue weighted by Crippen LogP contribution is 2.29. The molecule has 2 rings (SSSR count). The van der Waals surface area contributed by atoms with Crippen LogP contribution >= 0.6 is 0 Å². The van der Waals surface area contributed by atoms with Crippen LogP contribution in [0.25, 0.3) is 16.8 Å². The van der Waals surface area contributed by atoms with Crippen molar-refractivity contribution in [3.05, 3.63) is 77.4 Å². The molecule has 0 radical (unpaired) electrons. The Kier molecular flexibility index (Phi) is 8.27. The summed E-state index contributed by atoms with van der Waals surface area (Å²) in [6.45, 7) is 14.6. The molecule has 0 aromatic heterocycles. The minimum atomic E-state index is -0.297. The van der Waals surface area contributed by atoms with Crippen molar-refractivity contribution in [2.45, 2.75) is 66.5 Å². The van der Waals surface area contributed by atoms with Gasteiger partial charge in [0, 0.05) is 29.9 Å². The van der Waals surface area contributed by atoms with E-state index in [0.29, 0.717) is 11.6 Å². The molecule has 0 saturated carbocycles. The molecular formula is C28H38N2O. The Labute approximate surface area is 188 Å². The molecule has 1 amide bonds. The van der Waals surface area contributed by atoms with E-state index in [9.17, 15) is 4.79 Å². The lowest BCUT2D eigenvalue weighted by Gasteiger charge is -2.28. The number of hydrogen-bond donors (Lipinski definition) is 1. The lowest BCUT2D eigenvalue weighted by molar-refractivity contribution is 0.0919. The summed E-state index contributed by atoms with van der Waals surface area (Å²) in [6, 6.07) is 15.0. The number of benzene rings is 2. The number of allylic oxidation sites excluding steroid dienone is 3. The minimum Gasteiger partial charge on any atom is -0.372 e. The third-order valence-corrected chi connectivity index (χ3v) is 5.14. The molecule has 0 heterocycles. The molecule has 0 unspecified atom stereocenters. The van der Waals surface area contributed by atoms with Gasteiger partial charge < -0.3 is 10.2 Å². The molecule has 31 heavy (non-hydrogen) atoms. The van der Waals surface area contributed by atoms with E-state index >= 15 is 0 Å². The van der Waals surface area contributed by atoms with Gasteiger partial charge in [0.2, 0.25) is 0 Å². The van der Waals surface area contributed by atoms with Gasteiger partial charge in [-0.3, -0.25) is 4.79 Å². The normalized spacial score (nSPS) is 12.5. The Morgan fingerprint density at radius 1 is 1.03 bits per heavy atom. The van der Waals surface area contributed by atoms with Crippen LogP contribution in [0.15, 0.2) is 60.7 Å². The van der Waals surface area contributed by atoms with Gasteiger partial charge in [-0.1, -0.05) is 48.9 Å². The summed E-state index contributed by atoms with van der Waals surface area (Å²) >= 11 is 0. The van der Waals surface area contributed by atoms with Crippen LogP contribution in [0.5, 0.6) is 0 Å². The highest BCUT2D eigenvalue weighted by Gasteiger charge is 2.19. The Morgan fingerprint density at radius 3 is 2.19 bits per heavy atom. The van der Waals surface area contributed by atoms with Crippen LogP contribution in [0.2, 0.25) is 0 Å². The van der Waals surface area contributed by atoms with Gasteiger partial charge >= 0.3 is 0 Å². The Morgan fingerprint density at radius 2 is 1.65 bits per heavy atom. The maximum atomic E-state index is 13.1. The summed E-state index contributed by atoms with van der Waals surface area (Å²) in [5, 5.41) is 3.11. The number of rotatable bonds is 7. The lowest BCUT2D eigenvalue weighted by Crippen LogP contribution is -2.40. The van der Waals surface area contributed by atoms with Gasteiger partial charge in [0.05, 0.1) is 0 Å². The number of carbonyl (C=O) groups is 1. The molecule has 0 aliphatic carbocycles. The maximum absolute atomic E-state index is 13.1. The van der Waals surface area contributed by atoms with Crippen molar-refractivity contribution in [3.63, 3.8) is 0 Å². The Hall–Kier alpha value is -2.81. The van der Waals surface area contributed by atoms with Gasteiger partial charge in [-0.2, -0.15) is 0 Å². The van der Waals surface area contributed by atoms with E-state index in [1.54, 1.807) is 0 Å². The highest BCUT2D eigenvalue weighted by atomic mass is 16.1. The van der Waals surface area contributed by atoms with E-state index in [4.69, 9.17) is 0 Å². The summed E-state index contributed by atoms with van der Waals surface area (Å²) in [4.78, 5) is 15.3. The molecule has 3 nitrogen and oxygen atoms in total. The van der Waals surface area contributed by atoms with Gasteiger partial charge in [-0.25, -0.2) is 0 Å². The molecule has 1 N–H and O–H groups in total. The van der Waals surface area contributed by atoms with Crippen molar-refractivity contribution in [2.75, 3.05) is 7.05 Å². The molecular weight excluding hydrogens is 380 g/mol. The van der Waals surface area contributed by atoms with Crippen LogP contribution in [0, 0.1) is 6.92 Å². The zero-order valence-corrected chi connectivity index (χ0v) is 20.4. The van der Waals surface area contributed by atoms with Crippen molar-refractivity contribution in [2.24, 2.45) is 0 Å². The first-order valence-corrected chi connectivity index (χ1v) is 11.2. The second kappa shape index (κ2) is 10.5. The maximum Gasteiger partial charge on any atom is 0.251 e. The molecule has 0 spiro atoms. The van der Waals surface area contributed by atoms with E-state index < -0.39 is 0 Å². The van der Waals surface area contributed by atoms with Crippen molar-refractivity contribution < 1.29 is 4.79 Å². The average molecular weight is 419 g/mol. The second-order valence-electron chi connectivity index (χ2n) is 9.46. The summed E-state index contributed by atoms with van der Waals surface area (Å²) in [5.74, 6) is -0.0571. The standard InChI is InChI=1S/C28H38N2O/c1-9-10-11-12-26(30(8)20(2)3)24-17-23(22-15-13-21(4)14-16-22)18-25(19-24)27(31)29-28(5,6)7/h10-20H,9H2,1-8H3,(H,29,31)/b11-10+,26-12-. The SMILES string of the molecule is CC/C=C/C=C(/c1cc(C(=O)NC(C)(C)C)cc(-c2ccc(C)cc2)c1)N(C)C(C)C. The fourth-order valence-corrected chi connectivity index (χ4v) is 3.22. The van der Waals surface area contributed by atoms with Crippen LogP contribution < -0.4 is 5.32 Å². The predicted molar refractivity (Wildman–Crippen MR) is 134 cm³/mol. The van der Waals surface area contributed by atoms with Crippen molar-refractivity contribution in [3.8, 4) is 11.1 Å². The monoisotopic (exact) mass is 418 g/mol. The molecule has 2 aromatic carbocycles. The number of amides is 1. The molecule has 0 bridgehead atoms. The largest absolute Gasteiger partial charge is 0.372 e. The molecule has 166 valence electrons. The smallest absolute Gasteiger partial charge is 0.251 e. The van der Waals surface area contributed by atoms with E-state index in [1.165, 1.54) is 5.56 Å². The van der Waals surface area contributed by atoms with E-state index in [0.717, 1.165) is 28.8 Å². The van der Waals surface area contributed by atoms with Gasteiger partial charge in [-0.15, -0.1) is 0 Å². The number of hydrogen-bond acceptors (Lipinski definition) is 2. The van der Waals surface area contributed by atoms with Crippen molar-refractivity contribution in [1.82, 2.24) is 10.2 Å². The van der Waals surface area contributed by atoms with E-state index in [2.05, 4.69) is 93.5 Å². The molecule has 3 heteroatoms. The molecule has 0 saturated heterocycles. The second-order valence-corrected chi connectivity index (χ2v) is 9.46. The van der Waals surface area contributed by atoms with Crippen LogP contribution in [0.4, 0.5) is 0 Å². The highest BCUT2D eigenvalue weighted by molar-refractivity contribution is 5.97. The van der Waals surface area contributed by atoms with Gasteiger partial charge in [-0.05, 0) is 88.9 Å². The molecule has 0 aliphatic heterocycles. The first kappa shape index (κ1) is 24.5. The average Bonchev–Trinajstić information content (AvgIpc) is 2.69. The summed E-state index contributed by atoms with van der Waals surface area (Å²) in [7, 11) is 2.10. The van der Waals surface area contributed by atoms with E-state index in [-0.39, 0.29) is 11.4 Å². The van der Waals surface area contributed by atoms with Gasteiger partial charge in [0.1, 0.15) is 0 Å². The van der Waals surface area contributed by atoms with Crippen LogP contribution in [-0.2, 0) is 0 Å². The number of aryl methyl sites for hydroxylation is 1. The van der Waals surface area contributed by atoms with Crippen LogP contribution in [0.1, 0.15) is 69.4 Å². The zero-order chi connectivity index (χ0) is 23.2. The molecule has 0 atom stereocenters. The van der Waals surface area contributed by atoms with Crippen LogP contribution in [0.3, 0.4) is 0 Å². The lowest BCUT2D eigenvalue weighted by atomic mass is 9.96. The van der Waals surface area contributed by atoms with Crippen molar-refractivity contribution >= 4 is 11.6 Å². The summed E-state index contributed by atoms with van der Waals surface area (Å²) < 4.78 is 0. The first-order chi connectivity index (χ1) is 14.5. The minimum absolute atomic E-state index is 0.0571. The van der Waals surface area contributed by atoms with Gasteiger partial charge in [0.25, 0.3) is 5.91 Å². The van der Waals surface area contributed by atoms with E-state index in [1.807, 2.05) is 32.9 Å². The molecule has 0 fully saturated rings. The van der Waals surface area contributed by atoms with Gasteiger partial charge in [0.15, 0.2) is 0 Å². The molecule has 0 aliphatic rings. The van der Waals surface area contributed by atoms with Crippen LogP contribution in [-0.4, -0.2) is 29.4 Å². The topological polar surface area (TPSA) is 32.3 Å². The summed E-state index contributed by atoms with van der Waals surface area (Å²) in [6.07, 6.45) is 7.37. The third kappa shape index (κ3) is 7.13. The molecule has 2 aromatic rings. The Bertz CT molecular complexity index is 944. The number of carbonyl (C=O) groups excluding carboxylic acids is 1. The zero-order valence-electron chi connectivity index (χ0n) is 20.4. The predicted octanol–water partition coefficient (Wildman–Crippen LogP) is 6.84. The number of nitrogens with zero attached hydrogens (tertiary/aromatic N) is 1. The fraction of sp³-hybridized carbons (Fsp3) is 0.393. The van der Waals surface area contributed by atoms with Crippen molar-refractivity contribution in [1.29, 1.82) is 0 Å².